The monoisotopic (exact) mass is 498 g/mol. The van der Waals surface area contributed by atoms with Crippen molar-refractivity contribution in [2.75, 3.05) is 25.1 Å². The van der Waals surface area contributed by atoms with E-state index in [-0.39, 0.29) is 19.1 Å². The predicted octanol–water partition coefficient (Wildman–Crippen LogP) is 2.36. The number of imidazole rings is 1. The number of hydrogen-bond donors (Lipinski definition) is 1. The summed E-state index contributed by atoms with van der Waals surface area (Å²) >= 11 is 0. The zero-order valence-electron chi connectivity index (χ0n) is 21.1. The van der Waals surface area contributed by atoms with Gasteiger partial charge < -0.3 is 15.4 Å². The van der Waals surface area contributed by atoms with Crippen molar-refractivity contribution in [1.29, 1.82) is 0 Å². The summed E-state index contributed by atoms with van der Waals surface area (Å²) in [5, 5.41) is 0. The van der Waals surface area contributed by atoms with Crippen molar-refractivity contribution < 1.29 is 4.74 Å². The van der Waals surface area contributed by atoms with Gasteiger partial charge in [0.05, 0.1) is 25.9 Å². The van der Waals surface area contributed by atoms with Gasteiger partial charge in [0.25, 0.3) is 5.56 Å². The van der Waals surface area contributed by atoms with Gasteiger partial charge in [-0.15, -0.1) is 5.92 Å². The molecule has 3 heterocycles. The first kappa shape index (κ1) is 24.4. The largest absolute Gasteiger partial charge is 0.497 e. The van der Waals surface area contributed by atoms with Gasteiger partial charge in [-0.25, -0.2) is 9.36 Å². The maximum atomic E-state index is 14.0. The Balaban J connectivity index is 1.79. The number of ether oxygens (including phenoxy) is 1. The summed E-state index contributed by atoms with van der Waals surface area (Å²) in [4.78, 5) is 34.8. The second kappa shape index (κ2) is 10.4. The van der Waals surface area contributed by atoms with E-state index in [1.165, 1.54) is 9.13 Å². The molecule has 4 aromatic rings. The minimum atomic E-state index is -0.451. The molecule has 0 saturated carbocycles. The molecule has 1 atom stereocenters. The first-order valence-corrected chi connectivity index (χ1v) is 12.4. The second-order valence-corrected chi connectivity index (χ2v) is 9.14. The van der Waals surface area contributed by atoms with Crippen LogP contribution in [0.15, 0.2) is 64.2 Å². The van der Waals surface area contributed by atoms with Gasteiger partial charge in [-0.1, -0.05) is 36.3 Å². The van der Waals surface area contributed by atoms with Crippen LogP contribution in [0.2, 0.25) is 0 Å². The third-order valence-electron chi connectivity index (χ3n) is 6.68. The number of para-hydroxylation sites is 1. The van der Waals surface area contributed by atoms with E-state index in [1.54, 1.807) is 14.0 Å². The van der Waals surface area contributed by atoms with Crippen LogP contribution in [0.4, 0.5) is 5.95 Å². The van der Waals surface area contributed by atoms with Gasteiger partial charge in [0.2, 0.25) is 5.95 Å². The first-order valence-electron chi connectivity index (χ1n) is 12.4. The zero-order valence-corrected chi connectivity index (χ0v) is 21.1. The third kappa shape index (κ3) is 4.63. The summed E-state index contributed by atoms with van der Waals surface area (Å²) in [7, 11) is 1.60. The van der Waals surface area contributed by atoms with Gasteiger partial charge in [0, 0.05) is 19.1 Å². The highest BCUT2D eigenvalue weighted by Gasteiger charge is 2.27. The van der Waals surface area contributed by atoms with Gasteiger partial charge in [-0.2, -0.15) is 4.98 Å². The van der Waals surface area contributed by atoms with Crippen LogP contribution in [0.1, 0.15) is 25.3 Å². The van der Waals surface area contributed by atoms with Crippen LogP contribution in [0.3, 0.4) is 0 Å². The third-order valence-corrected chi connectivity index (χ3v) is 6.68. The van der Waals surface area contributed by atoms with Gasteiger partial charge in [-0.05, 0) is 49.6 Å². The molecule has 1 fully saturated rings. The van der Waals surface area contributed by atoms with E-state index < -0.39 is 11.2 Å². The average molecular weight is 499 g/mol. The number of piperidine rings is 1. The number of aromatic nitrogens is 4. The minimum Gasteiger partial charge on any atom is -0.497 e. The SMILES string of the molecule is CC#CCn1c(N2CCC[C@@H](N)C2)nc2c1c(=O)n(Cc1ccc(OC)cc1)c(=O)n2-c1ccccc1. The van der Waals surface area contributed by atoms with Gasteiger partial charge in [0.15, 0.2) is 11.2 Å². The van der Waals surface area contributed by atoms with Crippen molar-refractivity contribution in [3.8, 4) is 23.3 Å². The topological polar surface area (TPSA) is 100 Å². The van der Waals surface area contributed by atoms with Crippen LogP contribution < -0.4 is 26.6 Å². The van der Waals surface area contributed by atoms with Crippen molar-refractivity contribution in [2.45, 2.75) is 38.9 Å². The van der Waals surface area contributed by atoms with E-state index >= 15 is 0 Å². The Bertz CT molecular complexity index is 1590. The van der Waals surface area contributed by atoms with Crippen LogP contribution in [-0.4, -0.2) is 44.9 Å². The van der Waals surface area contributed by atoms with E-state index in [9.17, 15) is 9.59 Å². The summed E-state index contributed by atoms with van der Waals surface area (Å²) in [6.45, 7) is 3.54. The van der Waals surface area contributed by atoms with E-state index in [0.29, 0.717) is 35.1 Å². The molecule has 0 radical (unpaired) electrons. The quantitative estimate of drug-likeness (QED) is 0.410. The molecule has 5 rings (SSSR count). The van der Waals surface area contributed by atoms with Crippen LogP contribution in [0.5, 0.6) is 5.75 Å². The van der Waals surface area contributed by atoms with E-state index in [1.807, 2.05) is 59.2 Å². The molecule has 2 aromatic heterocycles. The maximum Gasteiger partial charge on any atom is 0.337 e. The highest BCUT2D eigenvalue weighted by atomic mass is 16.5. The molecule has 190 valence electrons. The molecule has 0 spiro atoms. The zero-order chi connectivity index (χ0) is 25.9. The lowest BCUT2D eigenvalue weighted by atomic mass is 10.1. The smallest absolute Gasteiger partial charge is 0.337 e. The molecule has 0 amide bonds. The molecule has 0 bridgehead atoms. The fourth-order valence-electron chi connectivity index (χ4n) is 4.83. The van der Waals surface area contributed by atoms with Gasteiger partial charge in [-0.3, -0.25) is 13.9 Å². The summed E-state index contributed by atoms with van der Waals surface area (Å²) in [6, 6.07) is 16.6. The fourth-order valence-corrected chi connectivity index (χ4v) is 4.83. The second-order valence-electron chi connectivity index (χ2n) is 9.14. The number of nitrogens with zero attached hydrogens (tertiary/aromatic N) is 5. The molecule has 9 heteroatoms. The summed E-state index contributed by atoms with van der Waals surface area (Å²) < 4.78 is 9.86. The van der Waals surface area contributed by atoms with Crippen molar-refractivity contribution in [1.82, 2.24) is 18.7 Å². The van der Waals surface area contributed by atoms with Crippen molar-refractivity contribution in [2.24, 2.45) is 5.73 Å². The number of benzene rings is 2. The predicted molar refractivity (Wildman–Crippen MR) is 145 cm³/mol. The Kier molecular flexibility index (Phi) is 6.84. The lowest BCUT2D eigenvalue weighted by Gasteiger charge is -2.31. The van der Waals surface area contributed by atoms with Crippen LogP contribution in [0.25, 0.3) is 16.9 Å². The Morgan fingerprint density at radius 1 is 1.08 bits per heavy atom. The van der Waals surface area contributed by atoms with Crippen LogP contribution in [0, 0.1) is 11.8 Å². The van der Waals surface area contributed by atoms with Gasteiger partial charge >= 0.3 is 5.69 Å². The average Bonchev–Trinajstić information content (AvgIpc) is 3.30. The van der Waals surface area contributed by atoms with E-state index in [4.69, 9.17) is 15.5 Å². The van der Waals surface area contributed by atoms with Crippen molar-refractivity contribution in [3.63, 3.8) is 0 Å². The van der Waals surface area contributed by atoms with Crippen molar-refractivity contribution >= 4 is 17.1 Å². The molecular weight excluding hydrogens is 468 g/mol. The molecule has 2 N–H and O–H groups in total. The molecule has 2 aromatic carbocycles. The van der Waals surface area contributed by atoms with Gasteiger partial charge in [0.1, 0.15) is 5.75 Å². The summed E-state index contributed by atoms with van der Waals surface area (Å²) in [5.74, 6) is 7.31. The molecule has 37 heavy (non-hydrogen) atoms. The molecule has 1 aliphatic rings. The Hall–Kier alpha value is -4.29. The molecule has 0 aliphatic carbocycles. The Morgan fingerprint density at radius 3 is 2.51 bits per heavy atom. The summed E-state index contributed by atoms with van der Waals surface area (Å²) in [6.07, 6.45) is 1.87. The summed E-state index contributed by atoms with van der Waals surface area (Å²) in [5.41, 5.74) is 7.52. The molecule has 1 saturated heterocycles. The normalized spacial score (nSPS) is 15.4. The van der Waals surface area contributed by atoms with Crippen LogP contribution >= 0.6 is 0 Å². The number of fused-ring (bicyclic) bond motifs is 1. The lowest BCUT2D eigenvalue weighted by molar-refractivity contribution is 0.414. The molecule has 1 aliphatic heterocycles. The number of hydrogen-bond acceptors (Lipinski definition) is 6. The Labute approximate surface area is 214 Å². The van der Waals surface area contributed by atoms with E-state index in [2.05, 4.69) is 16.7 Å². The standard InChI is InChI=1S/C28H30N6O3/c1-3-4-17-32-24-25(30-27(32)31-16-8-9-21(29)19-31)34(22-10-6-5-7-11-22)28(36)33(26(24)35)18-20-12-14-23(37-2)15-13-20/h5-7,10-15,21H,8-9,16-19,29H2,1-2H3/t21-/m1/s1. The lowest BCUT2D eigenvalue weighted by Crippen LogP contribution is -2.44. The van der Waals surface area contributed by atoms with E-state index in [0.717, 1.165) is 24.9 Å². The number of nitrogens with two attached hydrogens (primary N) is 1. The highest BCUT2D eigenvalue weighted by Crippen LogP contribution is 2.24. The Morgan fingerprint density at radius 2 is 1.84 bits per heavy atom. The fraction of sp³-hybridized carbons (Fsp3) is 0.321. The van der Waals surface area contributed by atoms with Crippen molar-refractivity contribution in [3.05, 3.63) is 81.0 Å². The number of rotatable bonds is 6. The molecule has 9 nitrogen and oxygen atoms in total. The molecular formula is C28H30N6O3. The number of methoxy groups -OCH3 is 1. The first-order chi connectivity index (χ1) is 18.0. The molecule has 0 unspecified atom stereocenters. The van der Waals surface area contributed by atoms with Crippen LogP contribution in [-0.2, 0) is 13.1 Å². The maximum absolute atomic E-state index is 14.0. The highest BCUT2D eigenvalue weighted by molar-refractivity contribution is 5.76. The minimum absolute atomic E-state index is 0.0160. The number of anilines is 1.